The molecule has 24 heavy (non-hydrogen) atoms. The van der Waals surface area contributed by atoms with Crippen LogP contribution in [-0.2, 0) is 26.4 Å². The van der Waals surface area contributed by atoms with Crippen LogP contribution in [0.15, 0.2) is 54.6 Å². The van der Waals surface area contributed by atoms with Gasteiger partial charge in [-0.2, -0.15) is 0 Å². The van der Waals surface area contributed by atoms with E-state index in [0.29, 0.717) is 17.9 Å². The Hall–Kier alpha value is -2.08. The van der Waals surface area contributed by atoms with Gasteiger partial charge in [0.15, 0.2) is 6.79 Å². The molecule has 0 radical (unpaired) electrons. The van der Waals surface area contributed by atoms with Crippen molar-refractivity contribution in [3.63, 3.8) is 0 Å². The topological polar surface area (TPSA) is 70.8 Å². The maximum absolute atomic E-state index is 11.7. The molecule has 0 saturated carbocycles. The molecule has 130 valence electrons. The van der Waals surface area contributed by atoms with Crippen LogP contribution in [0.2, 0.25) is 0 Å². The van der Waals surface area contributed by atoms with Crippen LogP contribution in [0, 0.1) is 0 Å². The highest BCUT2D eigenvalue weighted by atomic mass is 35.5. The lowest BCUT2D eigenvalue weighted by molar-refractivity contribution is -0.146. The Morgan fingerprint density at radius 3 is 2.50 bits per heavy atom. The van der Waals surface area contributed by atoms with Crippen molar-refractivity contribution in [3.8, 4) is 5.75 Å². The van der Waals surface area contributed by atoms with Gasteiger partial charge in [-0.25, -0.2) is 4.79 Å². The second-order valence-electron chi connectivity index (χ2n) is 5.32. The predicted molar refractivity (Wildman–Crippen MR) is 94.0 cm³/mol. The van der Waals surface area contributed by atoms with E-state index < -0.39 is 11.5 Å². The first kappa shape index (κ1) is 20.0. The zero-order valence-corrected chi connectivity index (χ0v) is 14.5. The summed E-state index contributed by atoms with van der Waals surface area (Å²) in [6, 6.07) is 16.9. The van der Waals surface area contributed by atoms with Crippen LogP contribution >= 0.6 is 12.4 Å². The van der Waals surface area contributed by atoms with Crippen LogP contribution in [0.3, 0.4) is 0 Å². The highest BCUT2D eigenvalue weighted by Crippen LogP contribution is 2.23. The molecular weight excluding hydrogens is 330 g/mol. The first-order valence-electron chi connectivity index (χ1n) is 7.26. The Morgan fingerprint density at radius 1 is 1.12 bits per heavy atom. The minimum atomic E-state index is -1.22. The Bertz CT molecular complexity index is 646. The average Bonchev–Trinajstić information content (AvgIpc) is 2.59. The van der Waals surface area contributed by atoms with Crippen molar-refractivity contribution in [2.24, 2.45) is 5.73 Å². The number of ether oxygens (including phenoxy) is 3. The molecule has 2 rings (SSSR count). The van der Waals surface area contributed by atoms with Gasteiger partial charge in [-0.05, 0) is 30.2 Å². The summed E-state index contributed by atoms with van der Waals surface area (Å²) in [5, 5.41) is 0. The number of nitrogens with two attached hydrogens (primary N) is 1. The number of hydrogen-bond donors (Lipinski definition) is 1. The first-order valence-corrected chi connectivity index (χ1v) is 7.26. The fourth-order valence-electron chi connectivity index (χ4n) is 2.08. The molecule has 0 aliphatic carbocycles. The van der Waals surface area contributed by atoms with Crippen molar-refractivity contribution in [1.82, 2.24) is 0 Å². The van der Waals surface area contributed by atoms with Crippen molar-refractivity contribution < 1.29 is 19.0 Å². The zero-order valence-electron chi connectivity index (χ0n) is 13.7. The molecule has 0 aliphatic rings. The summed E-state index contributed by atoms with van der Waals surface area (Å²) in [5.74, 6) is 0.0751. The van der Waals surface area contributed by atoms with E-state index in [1.807, 2.05) is 30.3 Å². The third-order valence-electron chi connectivity index (χ3n) is 3.46. The van der Waals surface area contributed by atoms with E-state index in [-0.39, 0.29) is 19.2 Å². The number of hydrogen-bond acceptors (Lipinski definition) is 5. The number of methoxy groups -OCH3 is 1. The van der Waals surface area contributed by atoms with Crippen molar-refractivity contribution in [3.05, 3.63) is 65.7 Å². The lowest BCUT2D eigenvalue weighted by Crippen LogP contribution is -2.42. The first-order chi connectivity index (χ1) is 11.0. The molecule has 2 aromatic rings. The zero-order chi connectivity index (χ0) is 16.7. The van der Waals surface area contributed by atoms with Gasteiger partial charge in [-0.15, -0.1) is 12.4 Å². The largest absolute Gasteiger partial charge is 0.468 e. The highest BCUT2D eigenvalue weighted by molar-refractivity contribution is 5.85. The van der Waals surface area contributed by atoms with E-state index in [1.54, 1.807) is 31.2 Å². The van der Waals surface area contributed by atoms with Crippen LogP contribution in [0.5, 0.6) is 5.75 Å². The molecule has 2 N–H and O–H groups in total. The Morgan fingerprint density at radius 2 is 1.83 bits per heavy atom. The Kier molecular flexibility index (Phi) is 7.71. The van der Waals surface area contributed by atoms with E-state index in [2.05, 4.69) is 0 Å². The minimum absolute atomic E-state index is 0. The monoisotopic (exact) mass is 351 g/mol. The molecule has 0 aromatic heterocycles. The summed E-state index contributed by atoms with van der Waals surface area (Å²) in [7, 11) is 1.31. The quantitative estimate of drug-likeness (QED) is 0.471. The lowest BCUT2D eigenvalue weighted by atomic mass is 9.93. The number of esters is 1. The molecular formula is C18H22ClNO4. The maximum atomic E-state index is 11.7. The predicted octanol–water partition coefficient (Wildman–Crippen LogP) is 3.01. The van der Waals surface area contributed by atoms with Crippen molar-refractivity contribution in [2.75, 3.05) is 13.9 Å². The smallest absolute Gasteiger partial charge is 0.330 e. The third kappa shape index (κ3) is 5.23. The van der Waals surface area contributed by atoms with Crippen LogP contribution in [0.4, 0.5) is 0 Å². The van der Waals surface area contributed by atoms with Gasteiger partial charge in [0.2, 0.25) is 0 Å². The molecule has 5 nitrogen and oxygen atoms in total. The van der Waals surface area contributed by atoms with E-state index >= 15 is 0 Å². The normalized spacial score (nSPS) is 12.6. The number of carbonyl (C=O) groups excluding carboxylic acids is 1. The van der Waals surface area contributed by atoms with Gasteiger partial charge in [-0.1, -0.05) is 42.5 Å². The van der Waals surface area contributed by atoms with Crippen molar-refractivity contribution in [1.29, 1.82) is 0 Å². The summed E-state index contributed by atoms with van der Waals surface area (Å²) < 4.78 is 15.7. The van der Waals surface area contributed by atoms with Crippen LogP contribution in [0.1, 0.15) is 18.1 Å². The van der Waals surface area contributed by atoms with E-state index in [4.69, 9.17) is 19.9 Å². The Balaban J connectivity index is 0.00000288. The SMILES string of the molecule is COC(=O)C(C)(N)c1cccc(OCOCc2ccccc2)c1.Cl. The number of halogens is 1. The van der Waals surface area contributed by atoms with Crippen molar-refractivity contribution in [2.45, 2.75) is 19.1 Å². The van der Waals surface area contributed by atoms with Gasteiger partial charge < -0.3 is 19.9 Å². The van der Waals surface area contributed by atoms with E-state index in [0.717, 1.165) is 5.56 Å². The lowest BCUT2D eigenvalue weighted by Gasteiger charge is -2.22. The van der Waals surface area contributed by atoms with Gasteiger partial charge in [0, 0.05) is 0 Å². The third-order valence-corrected chi connectivity index (χ3v) is 3.46. The molecule has 0 heterocycles. The fraction of sp³-hybridized carbons (Fsp3) is 0.278. The summed E-state index contributed by atoms with van der Waals surface area (Å²) in [4.78, 5) is 11.7. The fourth-order valence-corrected chi connectivity index (χ4v) is 2.08. The molecule has 0 fully saturated rings. The molecule has 1 atom stereocenters. The molecule has 0 bridgehead atoms. The highest BCUT2D eigenvalue weighted by Gasteiger charge is 2.31. The second kappa shape index (κ2) is 9.27. The van der Waals surface area contributed by atoms with Crippen LogP contribution in [0.25, 0.3) is 0 Å². The number of carbonyl (C=O) groups is 1. The van der Waals surface area contributed by atoms with Gasteiger partial charge in [0.05, 0.1) is 13.7 Å². The molecule has 6 heteroatoms. The molecule has 0 spiro atoms. The van der Waals surface area contributed by atoms with Gasteiger partial charge in [0.25, 0.3) is 0 Å². The van der Waals surface area contributed by atoms with Crippen LogP contribution in [-0.4, -0.2) is 19.9 Å². The molecule has 0 amide bonds. The molecule has 2 aromatic carbocycles. The number of benzene rings is 2. The standard InChI is InChI=1S/C18H21NO4.ClH/c1-18(19,17(20)21-2)15-9-6-10-16(11-15)23-13-22-12-14-7-4-3-5-8-14;/h3-11H,12-13,19H2,1-2H3;1H. The molecule has 1 unspecified atom stereocenters. The second-order valence-corrected chi connectivity index (χ2v) is 5.32. The molecule has 0 aliphatic heterocycles. The van der Waals surface area contributed by atoms with E-state index in [9.17, 15) is 4.79 Å². The van der Waals surface area contributed by atoms with Gasteiger partial charge >= 0.3 is 5.97 Å². The maximum Gasteiger partial charge on any atom is 0.330 e. The minimum Gasteiger partial charge on any atom is -0.468 e. The summed E-state index contributed by atoms with van der Waals surface area (Å²) in [6.07, 6.45) is 0. The summed E-state index contributed by atoms with van der Waals surface area (Å²) in [6.45, 7) is 2.18. The van der Waals surface area contributed by atoms with Gasteiger partial charge in [0.1, 0.15) is 11.3 Å². The average molecular weight is 352 g/mol. The van der Waals surface area contributed by atoms with Crippen LogP contribution < -0.4 is 10.5 Å². The number of rotatable bonds is 7. The van der Waals surface area contributed by atoms with Crippen molar-refractivity contribution >= 4 is 18.4 Å². The summed E-state index contributed by atoms with van der Waals surface area (Å²) >= 11 is 0. The molecule has 0 saturated heterocycles. The summed E-state index contributed by atoms with van der Waals surface area (Å²) in [5.41, 5.74) is 6.50. The van der Waals surface area contributed by atoms with E-state index in [1.165, 1.54) is 7.11 Å². The van der Waals surface area contributed by atoms with Gasteiger partial charge in [-0.3, -0.25) is 0 Å². The Labute approximate surface area is 148 Å².